The van der Waals surface area contributed by atoms with E-state index in [1.54, 1.807) is 18.4 Å². The van der Waals surface area contributed by atoms with Crippen LogP contribution in [0.2, 0.25) is 5.02 Å². The minimum absolute atomic E-state index is 0.134. The van der Waals surface area contributed by atoms with Crippen molar-refractivity contribution in [3.63, 3.8) is 0 Å². The van der Waals surface area contributed by atoms with Gasteiger partial charge < -0.3 is 20.3 Å². The van der Waals surface area contributed by atoms with Crippen LogP contribution in [0.4, 0.5) is 5.82 Å². The zero-order chi connectivity index (χ0) is 23.8. The smallest absolute Gasteiger partial charge is 0.233 e. The first kappa shape index (κ1) is 25.6. The number of amides is 1. The van der Waals surface area contributed by atoms with Gasteiger partial charge in [0.2, 0.25) is 11.8 Å². The van der Waals surface area contributed by atoms with Gasteiger partial charge in [-0.1, -0.05) is 49.8 Å². The zero-order valence-corrected chi connectivity index (χ0v) is 20.1. The predicted molar refractivity (Wildman–Crippen MR) is 127 cm³/mol. The van der Waals surface area contributed by atoms with Gasteiger partial charge in [-0.15, -0.1) is 0 Å². The highest BCUT2D eigenvalue weighted by molar-refractivity contribution is 7.84. The Balaban J connectivity index is 1.77. The third-order valence-corrected chi connectivity index (χ3v) is 7.25. The lowest BCUT2D eigenvalue weighted by atomic mass is 9.80. The first-order valence-electron chi connectivity index (χ1n) is 11.1. The molecule has 1 fully saturated rings. The second-order valence-corrected chi connectivity index (χ2v) is 10.0. The van der Waals surface area contributed by atoms with Crippen molar-refractivity contribution < 1.29 is 24.0 Å². The van der Waals surface area contributed by atoms with Gasteiger partial charge in [0, 0.05) is 6.26 Å². The van der Waals surface area contributed by atoms with Crippen molar-refractivity contribution in [3.05, 3.63) is 41.2 Å². The average molecular weight is 496 g/mol. The fourth-order valence-corrected chi connectivity index (χ4v) is 5.18. The van der Waals surface area contributed by atoms with Gasteiger partial charge in [-0.05, 0) is 30.0 Å². The molecule has 0 radical (unpaired) electrons. The van der Waals surface area contributed by atoms with Gasteiger partial charge >= 0.3 is 0 Å². The number of anilines is 1. The Kier molecular flexibility index (Phi) is 9.61. The first-order valence-corrected chi connectivity index (χ1v) is 13.0. The Morgan fingerprint density at radius 1 is 1.21 bits per heavy atom. The fraction of sp³-hybridized carbons (Fsp3) is 0.522. The number of aliphatic hydroxyl groups is 2. The Morgan fingerprint density at radius 2 is 1.94 bits per heavy atom. The molecule has 33 heavy (non-hydrogen) atoms. The molecule has 0 spiro atoms. The number of ether oxygens (including phenoxy) is 1. The van der Waals surface area contributed by atoms with Gasteiger partial charge in [0.1, 0.15) is 6.10 Å². The summed E-state index contributed by atoms with van der Waals surface area (Å²) in [5, 5.41) is 21.4. The van der Waals surface area contributed by atoms with Crippen LogP contribution >= 0.6 is 11.6 Å². The van der Waals surface area contributed by atoms with Gasteiger partial charge in [0.25, 0.3) is 0 Å². The Morgan fingerprint density at radius 3 is 2.52 bits per heavy atom. The van der Waals surface area contributed by atoms with Crippen LogP contribution in [-0.2, 0) is 15.6 Å². The molecule has 2 aromatic rings. The number of nitrogens with one attached hydrogen (secondary N) is 1. The highest BCUT2D eigenvalue weighted by Gasteiger charge is 2.27. The van der Waals surface area contributed by atoms with E-state index in [0.717, 1.165) is 18.4 Å². The topological polar surface area (TPSA) is 122 Å². The second-order valence-electron chi connectivity index (χ2n) is 8.27. The van der Waals surface area contributed by atoms with E-state index >= 15 is 0 Å². The quantitative estimate of drug-likeness (QED) is 0.462. The van der Waals surface area contributed by atoms with Gasteiger partial charge in [-0.3, -0.25) is 9.00 Å². The van der Waals surface area contributed by atoms with E-state index in [-0.39, 0.29) is 30.8 Å². The number of aliphatic hydroxyl groups excluding tert-OH is 2. The van der Waals surface area contributed by atoms with Crippen molar-refractivity contribution in [2.45, 2.75) is 55.4 Å². The molecular weight excluding hydrogens is 466 g/mol. The largest absolute Gasteiger partial charge is 0.468 e. The summed E-state index contributed by atoms with van der Waals surface area (Å²) >= 11 is 6.36. The molecule has 0 bridgehead atoms. The molecule has 1 aromatic carbocycles. The lowest BCUT2D eigenvalue weighted by molar-refractivity contribution is -0.118. The number of hydrogen-bond donors (Lipinski definition) is 3. The number of rotatable bonds is 10. The minimum Gasteiger partial charge on any atom is -0.468 e. The summed E-state index contributed by atoms with van der Waals surface area (Å²) in [5.74, 6) is 0.200. The molecule has 180 valence electrons. The van der Waals surface area contributed by atoms with Crippen LogP contribution in [0.3, 0.4) is 0 Å². The number of nitrogens with zero attached hydrogens (tertiary/aromatic N) is 2. The normalized spacial score (nSPS) is 16.4. The molecule has 10 heteroatoms. The molecule has 1 aromatic heterocycles. The maximum atomic E-state index is 13.3. The molecule has 1 saturated carbocycles. The summed E-state index contributed by atoms with van der Waals surface area (Å²) < 4.78 is 17.2. The molecule has 1 aliphatic rings. The highest BCUT2D eigenvalue weighted by Crippen LogP contribution is 2.35. The molecule has 0 saturated heterocycles. The standard InChI is InChI=1S/C23H30ClN3O5S/c1-33(31)20-8-7-16(10-19(20)24)18(9-15-5-3-2-4-6-15)23(30)27-21-11-26-22(12-25-21)32-17(13-28)14-29/h7-8,10-12,15,17-18,28-29H,2-6,9,13-14H2,1H3,(H,25,27,30). The molecule has 2 atom stereocenters. The molecule has 8 nitrogen and oxygen atoms in total. The molecule has 2 unspecified atom stereocenters. The maximum Gasteiger partial charge on any atom is 0.233 e. The van der Waals surface area contributed by atoms with E-state index in [4.69, 9.17) is 26.6 Å². The predicted octanol–water partition coefficient (Wildman–Crippen LogP) is 3.29. The molecule has 3 rings (SSSR count). The minimum atomic E-state index is -1.21. The third kappa shape index (κ3) is 7.20. The lowest BCUT2D eigenvalue weighted by Gasteiger charge is -2.26. The van der Waals surface area contributed by atoms with E-state index in [1.807, 2.05) is 6.07 Å². The van der Waals surface area contributed by atoms with E-state index < -0.39 is 22.8 Å². The number of carbonyl (C=O) groups excluding carboxylic acids is 1. The Bertz CT molecular complexity index is 950. The van der Waals surface area contributed by atoms with Crippen molar-refractivity contribution in [3.8, 4) is 5.88 Å². The van der Waals surface area contributed by atoms with Crippen LogP contribution in [0.5, 0.6) is 5.88 Å². The summed E-state index contributed by atoms with van der Waals surface area (Å²) in [5.41, 5.74) is 0.777. The third-order valence-electron chi connectivity index (χ3n) is 5.85. The molecular formula is C23H30ClN3O5S. The van der Waals surface area contributed by atoms with Crippen LogP contribution in [0, 0.1) is 5.92 Å². The summed E-state index contributed by atoms with van der Waals surface area (Å²) in [7, 11) is -1.21. The Labute approximate surface area is 201 Å². The van der Waals surface area contributed by atoms with E-state index in [9.17, 15) is 9.00 Å². The molecule has 0 aliphatic heterocycles. The van der Waals surface area contributed by atoms with Crippen LogP contribution in [0.1, 0.15) is 50.0 Å². The van der Waals surface area contributed by atoms with Crippen molar-refractivity contribution >= 4 is 34.1 Å². The average Bonchev–Trinajstić information content (AvgIpc) is 2.82. The molecule has 1 heterocycles. The van der Waals surface area contributed by atoms with Gasteiger partial charge in [0.15, 0.2) is 5.82 Å². The van der Waals surface area contributed by atoms with E-state index in [2.05, 4.69) is 15.3 Å². The number of aromatic nitrogens is 2. The van der Waals surface area contributed by atoms with Crippen LogP contribution in [-0.4, -0.2) is 55.9 Å². The van der Waals surface area contributed by atoms with Crippen LogP contribution in [0.25, 0.3) is 0 Å². The molecule has 3 N–H and O–H groups in total. The number of hydrogen-bond acceptors (Lipinski definition) is 7. The molecule has 1 aliphatic carbocycles. The second kappa shape index (κ2) is 12.4. The molecule has 1 amide bonds. The zero-order valence-electron chi connectivity index (χ0n) is 18.6. The van der Waals surface area contributed by atoms with Crippen molar-refractivity contribution in [2.75, 3.05) is 24.8 Å². The number of carbonyl (C=O) groups is 1. The van der Waals surface area contributed by atoms with E-state index in [0.29, 0.717) is 22.3 Å². The Hall–Kier alpha value is -2.07. The van der Waals surface area contributed by atoms with Crippen molar-refractivity contribution in [2.24, 2.45) is 5.92 Å². The van der Waals surface area contributed by atoms with Crippen LogP contribution in [0.15, 0.2) is 35.5 Å². The monoisotopic (exact) mass is 495 g/mol. The first-order chi connectivity index (χ1) is 15.9. The highest BCUT2D eigenvalue weighted by atomic mass is 35.5. The summed E-state index contributed by atoms with van der Waals surface area (Å²) in [4.78, 5) is 22.1. The fourth-order valence-electron chi connectivity index (χ4n) is 4.08. The maximum absolute atomic E-state index is 13.3. The van der Waals surface area contributed by atoms with E-state index in [1.165, 1.54) is 31.7 Å². The lowest BCUT2D eigenvalue weighted by Crippen LogP contribution is -2.26. The SMILES string of the molecule is CS(=O)c1ccc(C(CC2CCCCC2)C(=O)Nc2cnc(OC(CO)CO)cn2)cc1Cl. The number of benzene rings is 1. The van der Waals surface area contributed by atoms with Crippen molar-refractivity contribution in [1.82, 2.24) is 9.97 Å². The van der Waals surface area contributed by atoms with Gasteiger partial charge in [0.05, 0.1) is 52.2 Å². The summed E-state index contributed by atoms with van der Waals surface area (Å²) in [6.45, 7) is -0.709. The van der Waals surface area contributed by atoms with Crippen LogP contribution < -0.4 is 10.1 Å². The summed E-state index contributed by atoms with van der Waals surface area (Å²) in [6.07, 6.45) is 9.93. The summed E-state index contributed by atoms with van der Waals surface area (Å²) in [6, 6.07) is 5.28. The van der Waals surface area contributed by atoms with Gasteiger partial charge in [-0.25, -0.2) is 9.97 Å². The van der Waals surface area contributed by atoms with Crippen molar-refractivity contribution in [1.29, 1.82) is 0 Å². The van der Waals surface area contributed by atoms with Gasteiger partial charge in [-0.2, -0.15) is 0 Å². The number of halogens is 1.